The summed E-state index contributed by atoms with van der Waals surface area (Å²) in [4.78, 5) is 16.6. The van der Waals surface area contributed by atoms with Gasteiger partial charge in [-0.05, 0) is 32.5 Å². The third-order valence-electron chi connectivity index (χ3n) is 3.65. The SMILES string of the molecule is CCN(Cc1ccccc1)C(=O)C1CCN(C)C1. The Morgan fingerprint density at radius 2 is 2.11 bits per heavy atom. The first kappa shape index (κ1) is 13.1. The molecule has 0 saturated carbocycles. The van der Waals surface area contributed by atoms with Gasteiger partial charge in [-0.3, -0.25) is 4.79 Å². The Bertz CT molecular complexity index is 391. The van der Waals surface area contributed by atoms with E-state index < -0.39 is 0 Å². The number of carbonyl (C=O) groups excluding carboxylic acids is 1. The summed E-state index contributed by atoms with van der Waals surface area (Å²) < 4.78 is 0. The lowest BCUT2D eigenvalue weighted by Crippen LogP contribution is -2.36. The predicted octanol–water partition coefficient (Wildman–Crippen LogP) is 1.99. The standard InChI is InChI=1S/C15H22N2O/c1-3-17(11-13-7-5-4-6-8-13)15(18)14-9-10-16(2)12-14/h4-8,14H,3,9-12H2,1-2H3. The normalized spacial score (nSPS) is 20.0. The third kappa shape index (κ3) is 3.10. The van der Waals surface area contributed by atoms with Gasteiger partial charge in [0.15, 0.2) is 0 Å². The fourth-order valence-electron chi connectivity index (χ4n) is 2.54. The van der Waals surface area contributed by atoms with E-state index >= 15 is 0 Å². The van der Waals surface area contributed by atoms with Gasteiger partial charge >= 0.3 is 0 Å². The van der Waals surface area contributed by atoms with Gasteiger partial charge in [-0.1, -0.05) is 30.3 Å². The van der Waals surface area contributed by atoms with Gasteiger partial charge in [0.05, 0.1) is 5.92 Å². The first-order valence-corrected chi connectivity index (χ1v) is 6.72. The van der Waals surface area contributed by atoms with Gasteiger partial charge in [-0.25, -0.2) is 0 Å². The fraction of sp³-hybridized carbons (Fsp3) is 0.533. The fourth-order valence-corrected chi connectivity index (χ4v) is 2.54. The summed E-state index contributed by atoms with van der Waals surface area (Å²) in [5.41, 5.74) is 1.21. The summed E-state index contributed by atoms with van der Waals surface area (Å²) in [6.07, 6.45) is 1.00. The maximum atomic E-state index is 12.4. The summed E-state index contributed by atoms with van der Waals surface area (Å²) in [6.45, 7) is 5.52. The highest BCUT2D eigenvalue weighted by Crippen LogP contribution is 2.18. The van der Waals surface area contributed by atoms with E-state index in [1.54, 1.807) is 0 Å². The van der Waals surface area contributed by atoms with Crippen LogP contribution in [0.4, 0.5) is 0 Å². The molecule has 0 radical (unpaired) electrons. The van der Waals surface area contributed by atoms with Crippen LogP contribution in [0.5, 0.6) is 0 Å². The van der Waals surface area contributed by atoms with Crippen molar-refractivity contribution in [3.63, 3.8) is 0 Å². The van der Waals surface area contributed by atoms with Crippen LogP contribution in [-0.2, 0) is 11.3 Å². The second-order valence-electron chi connectivity index (χ2n) is 5.09. The molecule has 1 atom stereocenters. The van der Waals surface area contributed by atoms with E-state index in [-0.39, 0.29) is 5.92 Å². The number of amides is 1. The maximum Gasteiger partial charge on any atom is 0.227 e. The second kappa shape index (κ2) is 6.01. The van der Waals surface area contributed by atoms with Crippen LogP contribution in [0.25, 0.3) is 0 Å². The van der Waals surface area contributed by atoms with Crippen molar-refractivity contribution in [1.82, 2.24) is 9.80 Å². The van der Waals surface area contributed by atoms with E-state index in [0.29, 0.717) is 5.91 Å². The topological polar surface area (TPSA) is 23.6 Å². The molecule has 0 aromatic heterocycles. The number of rotatable bonds is 4. The number of likely N-dealkylation sites (tertiary alicyclic amines) is 1. The number of carbonyl (C=O) groups is 1. The molecule has 1 aliphatic heterocycles. The van der Waals surface area contributed by atoms with Gasteiger partial charge in [0.1, 0.15) is 0 Å². The van der Waals surface area contributed by atoms with Crippen molar-refractivity contribution >= 4 is 5.91 Å². The molecule has 0 N–H and O–H groups in total. The van der Waals surface area contributed by atoms with Gasteiger partial charge in [-0.2, -0.15) is 0 Å². The lowest BCUT2D eigenvalue weighted by atomic mass is 10.1. The largest absolute Gasteiger partial charge is 0.338 e. The molecule has 1 unspecified atom stereocenters. The lowest BCUT2D eigenvalue weighted by Gasteiger charge is -2.24. The highest BCUT2D eigenvalue weighted by molar-refractivity contribution is 5.79. The molecule has 3 heteroatoms. The van der Waals surface area contributed by atoms with Crippen molar-refractivity contribution in [2.75, 3.05) is 26.7 Å². The average molecular weight is 246 g/mol. The van der Waals surface area contributed by atoms with E-state index in [2.05, 4.69) is 31.0 Å². The highest BCUT2D eigenvalue weighted by Gasteiger charge is 2.29. The molecule has 1 aromatic carbocycles. The molecule has 1 heterocycles. The first-order valence-electron chi connectivity index (χ1n) is 6.72. The average Bonchev–Trinajstić information content (AvgIpc) is 2.83. The van der Waals surface area contributed by atoms with Crippen LogP contribution >= 0.6 is 0 Å². The Morgan fingerprint density at radius 3 is 2.67 bits per heavy atom. The Labute approximate surface area is 109 Å². The van der Waals surface area contributed by atoms with E-state index in [1.165, 1.54) is 5.56 Å². The molecule has 1 aliphatic rings. The van der Waals surface area contributed by atoms with Gasteiger partial charge in [0.2, 0.25) is 5.91 Å². The summed E-state index contributed by atoms with van der Waals surface area (Å²) in [7, 11) is 2.08. The zero-order valence-corrected chi connectivity index (χ0v) is 11.3. The molecule has 3 nitrogen and oxygen atoms in total. The number of hydrogen-bond donors (Lipinski definition) is 0. The zero-order valence-electron chi connectivity index (χ0n) is 11.3. The molecule has 2 rings (SSSR count). The van der Waals surface area contributed by atoms with E-state index in [1.807, 2.05) is 23.1 Å². The number of hydrogen-bond acceptors (Lipinski definition) is 2. The number of nitrogens with zero attached hydrogens (tertiary/aromatic N) is 2. The molecule has 1 amide bonds. The molecule has 98 valence electrons. The Kier molecular flexibility index (Phi) is 4.37. The van der Waals surface area contributed by atoms with Crippen LogP contribution in [0.2, 0.25) is 0 Å². The first-order chi connectivity index (χ1) is 8.70. The predicted molar refractivity (Wildman–Crippen MR) is 73.1 cm³/mol. The molecular weight excluding hydrogens is 224 g/mol. The third-order valence-corrected chi connectivity index (χ3v) is 3.65. The highest BCUT2D eigenvalue weighted by atomic mass is 16.2. The molecule has 0 bridgehead atoms. The molecule has 1 saturated heterocycles. The van der Waals surface area contributed by atoms with Crippen LogP contribution in [0.15, 0.2) is 30.3 Å². The van der Waals surface area contributed by atoms with Crippen LogP contribution in [0.3, 0.4) is 0 Å². The van der Waals surface area contributed by atoms with Crippen molar-refractivity contribution < 1.29 is 4.79 Å². The lowest BCUT2D eigenvalue weighted by molar-refractivity contribution is -0.135. The summed E-state index contributed by atoms with van der Waals surface area (Å²) >= 11 is 0. The molecule has 1 aromatic rings. The van der Waals surface area contributed by atoms with Gasteiger partial charge in [0, 0.05) is 19.6 Å². The second-order valence-corrected chi connectivity index (χ2v) is 5.09. The Hall–Kier alpha value is -1.35. The van der Waals surface area contributed by atoms with Crippen LogP contribution in [0.1, 0.15) is 18.9 Å². The molecule has 18 heavy (non-hydrogen) atoms. The van der Waals surface area contributed by atoms with E-state index in [4.69, 9.17) is 0 Å². The van der Waals surface area contributed by atoms with Crippen molar-refractivity contribution in [3.05, 3.63) is 35.9 Å². The molecular formula is C15H22N2O. The molecule has 0 spiro atoms. The van der Waals surface area contributed by atoms with Crippen LogP contribution in [-0.4, -0.2) is 42.4 Å². The molecule has 1 fully saturated rings. The van der Waals surface area contributed by atoms with Crippen molar-refractivity contribution in [2.24, 2.45) is 5.92 Å². The smallest absolute Gasteiger partial charge is 0.227 e. The quantitative estimate of drug-likeness (QED) is 0.811. The van der Waals surface area contributed by atoms with Crippen molar-refractivity contribution in [2.45, 2.75) is 19.9 Å². The van der Waals surface area contributed by atoms with Crippen LogP contribution in [0, 0.1) is 5.92 Å². The van der Waals surface area contributed by atoms with Crippen LogP contribution < -0.4 is 0 Å². The summed E-state index contributed by atoms with van der Waals surface area (Å²) in [5.74, 6) is 0.504. The van der Waals surface area contributed by atoms with Crippen molar-refractivity contribution in [1.29, 1.82) is 0 Å². The van der Waals surface area contributed by atoms with E-state index in [0.717, 1.165) is 32.6 Å². The minimum absolute atomic E-state index is 0.193. The van der Waals surface area contributed by atoms with Gasteiger partial charge in [0.25, 0.3) is 0 Å². The zero-order chi connectivity index (χ0) is 13.0. The minimum Gasteiger partial charge on any atom is -0.338 e. The van der Waals surface area contributed by atoms with E-state index in [9.17, 15) is 4.79 Å². The Balaban J connectivity index is 1.98. The monoisotopic (exact) mass is 246 g/mol. The minimum atomic E-state index is 0.193. The van der Waals surface area contributed by atoms with Gasteiger partial charge < -0.3 is 9.80 Å². The summed E-state index contributed by atoms with van der Waals surface area (Å²) in [5, 5.41) is 0. The maximum absolute atomic E-state index is 12.4. The number of benzene rings is 1. The van der Waals surface area contributed by atoms with Gasteiger partial charge in [-0.15, -0.1) is 0 Å². The Morgan fingerprint density at radius 1 is 1.39 bits per heavy atom. The van der Waals surface area contributed by atoms with Crippen molar-refractivity contribution in [3.8, 4) is 0 Å². The summed E-state index contributed by atoms with van der Waals surface area (Å²) in [6, 6.07) is 10.2. The molecule has 0 aliphatic carbocycles.